The fourth-order valence-electron chi connectivity index (χ4n) is 2.76. The molecule has 7 heteroatoms. The van der Waals surface area contributed by atoms with Gasteiger partial charge in [0.15, 0.2) is 5.75 Å². The molecule has 7 nitrogen and oxygen atoms in total. The molecular formula is C15H18N2O5. The number of hydrogen-bond acceptors (Lipinski definition) is 5. The van der Waals surface area contributed by atoms with Crippen LogP contribution in [0.1, 0.15) is 29.6 Å². The molecule has 1 N–H and O–H groups in total. The zero-order valence-corrected chi connectivity index (χ0v) is 12.1. The molecule has 1 saturated heterocycles. The molecule has 1 amide bonds. The van der Waals surface area contributed by atoms with Crippen LogP contribution in [0, 0.1) is 16.0 Å². The number of hydrogen-bond donors (Lipinski definition) is 1. The van der Waals surface area contributed by atoms with E-state index in [2.05, 4.69) is 0 Å². The first-order valence-corrected chi connectivity index (χ1v) is 7.42. The summed E-state index contributed by atoms with van der Waals surface area (Å²) >= 11 is 0. The molecule has 1 aromatic carbocycles. The summed E-state index contributed by atoms with van der Waals surface area (Å²) in [6.07, 6.45) is 2.88. The van der Waals surface area contributed by atoms with Gasteiger partial charge in [0.1, 0.15) is 0 Å². The molecule has 22 heavy (non-hydrogen) atoms. The topological polar surface area (TPSA) is 92.9 Å². The third-order valence-corrected chi connectivity index (χ3v) is 4.15. The third-order valence-electron chi connectivity index (χ3n) is 4.15. The van der Waals surface area contributed by atoms with Gasteiger partial charge in [-0.1, -0.05) is 0 Å². The van der Waals surface area contributed by atoms with Gasteiger partial charge >= 0.3 is 5.69 Å². The van der Waals surface area contributed by atoms with Crippen LogP contribution in [0.2, 0.25) is 0 Å². The summed E-state index contributed by atoms with van der Waals surface area (Å²) < 4.78 is 5.35. The van der Waals surface area contributed by atoms with Crippen molar-refractivity contribution in [2.75, 3.05) is 19.8 Å². The largest absolute Gasteiger partial charge is 0.502 e. The van der Waals surface area contributed by atoms with E-state index in [9.17, 15) is 20.0 Å². The Morgan fingerprint density at radius 1 is 1.41 bits per heavy atom. The second-order valence-corrected chi connectivity index (χ2v) is 5.88. The number of nitro groups is 1. The highest BCUT2D eigenvalue weighted by Crippen LogP contribution is 2.32. The van der Waals surface area contributed by atoms with E-state index in [1.54, 1.807) is 4.90 Å². The molecule has 1 heterocycles. The lowest BCUT2D eigenvalue weighted by Gasteiger charge is -2.25. The van der Waals surface area contributed by atoms with E-state index in [1.807, 2.05) is 0 Å². The summed E-state index contributed by atoms with van der Waals surface area (Å²) in [5.41, 5.74) is -0.193. The van der Waals surface area contributed by atoms with Gasteiger partial charge in [0.05, 0.1) is 11.5 Å². The average molecular weight is 306 g/mol. The van der Waals surface area contributed by atoms with Gasteiger partial charge in [-0.2, -0.15) is 0 Å². The van der Waals surface area contributed by atoms with Crippen LogP contribution in [0.3, 0.4) is 0 Å². The van der Waals surface area contributed by atoms with E-state index in [0.29, 0.717) is 19.1 Å². The number of amides is 1. The summed E-state index contributed by atoms with van der Waals surface area (Å²) in [5.74, 6) is -0.308. The summed E-state index contributed by atoms with van der Waals surface area (Å²) in [6.45, 7) is 2.01. The maximum Gasteiger partial charge on any atom is 0.311 e. The van der Waals surface area contributed by atoms with Gasteiger partial charge in [-0.3, -0.25) is 14.9 Å². The predicted molar refractivity (Wildman–Crippen MR) is 77.7 cm³/mol. The lowest BCUT2D eigenvalue weighted by Crippen LogP contribution is -2.37. The predicted octanol–water partition coefficient (Wildman–Crippen LogP) is 1.94. The van der Waals surface area contributed by atoms with Crippen LogP contribution in [-0.4, -0.2) is 46.6 Å². The number of phenolic OH excluding ortho intramolecular Hbond substituents is 1. The first-order chi connectivity index (χ1) is 10.6. The number of ether oxygens (including phenoxy) is 1. The quantitative estimate of drug-likeness (QED) is 0.663. The second kappa shape index (κ2) is 5.92. The van der Waals surface area contributed by atoms with Crippen LogP contribution in [-0.2, 0) is 4.74 Å². The molecule has 1 saturated carbocycles. The summed E-state index contributed by atoms with van der Waals surface area (Å²) in [7, 11) is 0. The molecule has 2 fully saturated rings. The highest BCUT2D eigenvalue weighted by molar-refractivity contribution is 5.95. The van der Waals surface area contributed by atoms with Gasteiger partial charge in [0.25, 0.3) is 5.91 Å². The van der Waals surface area contributed by atoms with Crippen molar-refractivity contribution in [2.24, 2.45) is 5.92 Å². The normalized spacial score (nSPS) is 20.8. The number of carbonyl (C=O) groups excluding carboxylic acids is 1. The molecule has 0 radical (unpaired) electrons. The van der Waals surface area contributed by atoms with Crippen LogP contribution in [0.15, 0.2) is 18.2 Å². The Balaban J connectivity index is 1.80. The second-order valence-electron chi connectivity index (χ2n) is 5.88. The molecular weight excluding hydrogens is 288 g/mol. The summed E-state index contributed by atoms with van der Waals surface area (Å²) in [6, 6.07) is 4.01. The van der Waals surface area contributed by atoms with Crippen molar-refractivity contribution in [2.45, 2.75) is 25.3 Å². The number of phenols is 1. The molecule has 0 spiro atoms. The third kappa shape index (κ3) is 3.04. The number of nitro benzene ring substituents is 1. The van der Waals surface area contributed by atoms with Crippen LogP contribution < -0.4 is 0 Å². The fraction of sp³-hybridized carbons (Fsp3) is 0.533. The van der Waals surface area contributed by atoms with E-state index >= 15 is 0 Å². The summed E-state index contributed by atoms with van der Waals surface area (Å²) in [5, 5.41) is 20.4. The molecule has 0 unspecified atom stereocenters. The van der Waals surface area contributed by atoms with Crippen molar-refractivity contribution in [3.05, 3.63) is 33.9 Å². The van der Waals surface area contributed by atoms with Crippen molar-refractivity contribution in [3.8, 4) is 5.75 Å². The number of nitrogens with zero attached hydrogens (tertiary/aromatic N) is 2. The summed E-state index contributed by atoms with van der Waals surface area (Å²) in [4.78, 5) is 24.7. The molecule has 1 aliphatic carbocycles. The minimum absolute atomic E-state index is 0.211. The molecule has 118 valence electrons. The van der Waals surface area contributed by atoms with E-state index in [4.69, 9.17) is 4.74 Å². The lowest BCUT2D eigenvalue weighted by molar-refractivity contribution is -0.385. The van der Waals surface area contributed by atoms with Crippen molar-refractivity contribution in [1.82, 2.24) is 4.90 Å². The minimum atomic E-state index is -0.682. The van der Waals surface area contributed by atoms with Crippen molar-refractivity contribution in [3.63, 3.8) is 0 Å². The maximum atomic E-state index is 12.7. The molecule has 0 bridgehead atoms. The van der Waals surface area contributed by atoms with Crippen LogP contribution >= 0.6 is 0 Å². The molecule has 1 atom stereocenters. The zero-order chi connectivity index (χ0) is 15.7. The highest BCUT2D eigenvalue weighted by Gasteiger charge is 2.35. The Kier molecular flexibility index (Phi) is 3.98. The number of carbonyl (C=O) groups is 1. The molecule has 0 aromatic heterocycles. The fourth-order valence-corrected chi connectivity index (χ4v) is 2.76. The lowest BCUT2D eigenvalue weighted by atomic mass is 10.1. The smallest absolute Gasteiger partial charge is 0.311 e. The van der Waals surface area contributed by atoms with Gasteiger partial charge in [0.2, 0.25) is 0 Å². The SMILES string of the molecule is O=C(c1ccc(O)c([N+](=O)[O-])c1)N(C[C@H]1CCOC1)C1CC1. The zero-order valence-electron chi connectivity index (χ0n) is 12.1. The standard InChI is InChI=1S/C15H18N2O5/c18-14-4-1-11(7-13(14)17(20)21)15(19)16(12-2-3-12)8-10-5-6-22-9-10/h1,4,7,10,12,18H,2-3,5-6,8-9H2/t10-/m1/s1. The van der Waals surface area contributed by atoms with Gasteiger partial charge in [-0.15, -0.1) is 0 Å². The Morgan fingerprint density at radius 2 is 2.18 bits per heavy atom. The van der Waals surface area contributed by atoms with E-state index < -0.39 is 16.4 Å². The molecule has 3 rings (SSSR count). The Labute approximate surface area is 127 Å². The Morgan fingerprint density at radius 3 is 2.77 bits per heavy atom. The van der Waals surface area contributed by atoms with E-state index in [1.165, 1.54) is 12.1 Å². The molecule has 1 aliphatic heterocycles. The maximum absolute atomic E-state index is 12.7. The van der Waals surface area contributed by atoms with E-state index in [-0.39, 0.29) is 17.5 Å². The number of benzene rings is 1. The van der Waals surface area contributed by atoms with Crippen molar-refractivity contribution < 1.29 is 19.6 Å². The minimum Gasteiger partial charge on any atom is -0.502 e. The number of rotatable bonds is 5. The van der Waals surface area contributed by atoms with Gasteiger partial charge in [-0.25, -0.2) is 0 Å². The number of aromatic hydroxyl groups is 1. The Hall–Kier alpha value is -2.15. The van der Waals surface area contributed by atoms with Crippen molar-refractivity contribution >= 4 is 11.6 Å². The molecule has 2 aliphatic rings. The Bertz CT molecular complexity index is 594. The van der Waals surface area contributed by atoms with E-state index in [0.717, 1.165) is 31.9 Å². The first kappa shape index (κ1) is 14.8. The van der Waals surface area contributed by atoms with Crippen LogP contribution in [0.4, 0.5) is 5.69 Å². The molecule has 1 aromatic rings. The van der Waals surface area contributed by atoms with Gasteiger partial charge in [0, 0.05) is 36.7 Å². The van der Waals surface area contributed by atoms with Gasteiger partial charge in [-0.05, 0) is 31.4 Å². The first-order valence-electron chi connectivity index (χ1n) is 7.42. The highest BCUT2D eigenvalue weighted by atomic mass is 16.6. The van der Waals surface area contributed by atoms with Crippen LogP contribution in [0.25, 0.3) is 0 Å². The van der Waals surface area contributed by atoms with Crippen LogP contribution in [0.5, 0.6) is 5.75 Å². The van der Waals surface area contributed by atoms with Crippen molar-refractivity contribution in [1.29, 1.82) is 0 Å². The van der Waals surface area contributed by atoms with Gasteiger partial charge < -0.3 is 14.7 Å². The monoisotopic (exact) mass is 306 g/mol. The average Bonchev–Trinajstić information content (AvgIpc) is 3.21.